The zero-order valence-electron chi connectivity index (χ0n) is 14.8. The van der Waals surface area contributed by atoms with E-state index in [1.807, 2.05) is 6.07 Å². The number of benzene rings is 1. The molecule has 10 heteroatoms. The van der Waals surface area contributed by atoms with Crippen LogP contribution in [-0.2, 0) is 9.59 Å². The van der Waals surface area contributed by atoms with Crippen molar-refractivity contribution in [3.8, 4) is 0 Å². The van der Waals surface area contributed by atoms with E-state index in [9.17, 15) is 14.7 Å². The number of carbonyl (C=O) groups is 2. The number of nitrogens with zero attached hydrogens (tertiary/aromatic N) is 2. The van der Waals surface area contributed by atoms with Crippen LogP contribution in [0.3, 0.4) is 0 Å². The van der Waals surface area contributed by atoms with Crippen LogP contribution in [0, 0.1) is 0 Å². The number of aliphatic hydroxyl groups excluding tert-OH is 4. The SMILES string of the molecule is O=C(O)[C@H](O)[C@@H](O)C(=O)O.OC[C@@H](O)CN1CCN(c2ccccc2)CC1. The van der Waals surface area contributed by atoms with Gasteiger partial charge in [0, 0.05) is 38.4 Å². The molecule has 2 rings (SSSR count). The number of aliphatic carboxylic acids is 2. The summed E-state index contributed by atoms with van der Waals surface area (Å²) in [6.45, 7) is 4.24. The van der Waals surface area contributed by atoms with Gasteiger partial charge in [-0.3, -0.25) is 4.90 Å². The van der Waals surface area contributed by atoms with Crippen LogP contribution in [0.25, 0.3) is 0 Å². The molecule has 1 aromatic carbocycles. The summed E-state index contributed by atoms with van der Waals surface area (Å²) in [4.78, 5) is 24.1. The van der Waals surface area contributed by atoms with Crippen molar-refractivity contribution in [3.63, 3.8) is 0 Å². The van der Waals surface area contributed by atoms with Crippen molar-refractivity contribution in [2.75, 3.05) is 44.2 Å². The van der Waals surface area contributed by atoms with Crippen molar-refractivity contribution in [2.24, 2.45) is 0 Å². The van der Waals surface area contributed by atoms with E-state index >= 15 is 0 Å². The highest BCUT2D eigenvalue weighted by Crippen LogP contribution is 2.15. The fourth-order valence-corrected chi connectivity index (χ4v) is 2.45. The van der Waals surface area contributed by atoms with Gasteiger partial charge in [-0.2, -0.15) is 0 Å². The summed E-state index contributed by atoms with van der Waals surface area (Å²) in [5, 5.41) is 50.7. The summed E-state index contributed by atoms with van der Waals surface area (Å²) in [5.74, 6) is -3.54. The largest absolute Gasteiger partial charge is 0.479 e. The van der Waals surface area contributed by atoms with E-state index in [0.717, 1.165) is 26.2 Å². The molecule has 0 amide bonds. The Morgan fingerprint density at radius 2 is 1.37 bits per heavy atom. The number of para-hydroxylation sites is 1. The maximum Gasteiger partial charge on any atom is 0.335 e. The van der Waals surface area contributed by atoms with Crippen molar-refractivity contribution in [3.05, 3.63) is 30.3 Å². The van der Waals surface area contributed by atoms with E-state index in [4.69, 9.17) is 25.5 Å². The number of piperazine rings is 1. The molecule has 10 nitrogen and oxygen atoms in total. The van der Waals surface area contributed by atoms with Crippen molar-refractivity contribution >= 4 is 17.6 Å². The summed E-state index contributed by atoms with van der Waals surface area (Å²) in [6, 6.07) is 10.4. The Kier molecular flexibility index (Phi) is 9.68. The molecule has 1 aliphatic rings. The second-order valence-electron chi connectivity index (χ2n) is 6.03. The summed E-state index contributed by atoms with van der Waals surface area (Å²) in [6.07, 6.45) is -5.15. The van der Waals surface area contributed by atoms with Crippen LogP contribution >= 0.6 is 0 Å². The van der Waals surface area contributed by atoms with E-state index in [2.05, 4.69) is 34.1 Å². The normalized spacial score (nSPS) is 18.0. The lowest BCUT2D eigenvalue weighted by molar-refractivity contribution is -0.165. The highest BCUT2D eigenvalue weighted by molar-refractivity contribution is 5.83. The summed E-state index contributed by atoms with van der Waals surface area (Å²) in [7, 11) is 0. The molecular weight excluding hydrogens is 360 g/mol. The summed E-state index contributed by atoms with van der Waals surface area (Å²) in [5.41, 5.74) is 1.26. The van der Waals surface area contributed by atoms with Gasteiger partial charge in [0.05, 0.1) is 12.7 Å². The molecule has 1 fully saturated rings. The molecular formula is C17H26N2O8. The minimum atomic E-state index is -2.27. The molecule has 0 unspecified atom stereocenters. The third-order valence-electron chi connectivity index (χ3n) is 3.98. The van der Waals surface area contributed by atoms with Crippen LogP contribution in [0.1, 0.15) is 0 Å². The van der Waals surface area contributed by atoms with Crippen molar-refractivity contribution in [2.45, 2.75) is 18.3 Å². The van der Waals surface area contributed by atoms with Crippen molar-refractivity contribution < 1.29 is 40.2 Å². The topological polar surface area (TPSA) is 162 Å². The Morgan fingerprint density at radius 3 is 1.78 bits per heavy atom. The van der Waals surface area contributed by atoms with Crippen LogP contribution in [0.4, 0.5) is 5.69 Å². The van der Waals surface area contributed by atoms with Gasteiger partial charge in [-0.15, -0.1) is 0 Å². The Balaban J connectivity index is 0.000000314. The standard InChI is InChI=1S/C13H20N2O2.C4H6O6/c16-11-13(17)10-14-6-8-15(9-7-14)12-4-2-1-3-5-12;5-1(3(7)8)2(6)4(9)10/h1-5,13,16-17H,6-11H2;1-2,5-6H,(H,7,8)(H,9,10)/t13-;1-,2-/m01/s1. The molecule has 152 valence electrons. The van der Waals surface area contributed by atoms with Crippen LogP contribution in [0.2, 0.25) is 0 Å². The van der Waals surface area contributed by atoms with E-state index in [0.29, 0.717) is 6.54 Å². The number of β-amino-alcohol motifs (C(OH)–C–C–N with tert-alkyl or cyclic N) is 1. The molecule has 1 aliphatic heterocycles. The fourth-order valence-electron chi connectivity index (χ4n) is 2.45. The first-order valence-electron chi connectivity index (χ1n) is 8.39. The predicted octanol–water partition coefficient (Wildman–Crippen LogP) is -1.96. The molecule has 27 heavy (non-hydrogen) atoms. The first-order valence-corrected chi connectivity index (χ1v) is 8.39. The number of rotatable bonds is 7. The van der Waals surface area contributed by atoms with Crippen LogP contribution in [-0.4, -0.2) is 105 Å². The average molecular weight is 386 g/mol. The second kappa shape index (κ2) is 11.5. The Labute approximate surface area is 156 Å². The molecule has 1 heterocycles. The van der Waals surface area contributed by atoms with E-state index in [1.54, 1.807) is 0 Å². The molecule has 0 spiro atoms. The Bertz CT molecular complexity index is 560. The minimum absolute atomic E-state index is 0.154. The lowest BCUT2D eigenvalue weighted by Crippen LogP contribution is -2.49. The molecule has 1 aromatic rings. The highest BCUT2D eigenvalue weighted by Gasteiger charge is 2.29. The van der Waals surface area contributed by atoms with E-state index in [-0.39, 0.29) is 6.61 Å². The zero-order chi connectivity index (χ0) is 20.4. The van der Waals surface area contributed by atoms with Gasteiger partial charge in [0.15, 0.2) is 12.2 Å². The number of hydrogen-bond donors (Lipinski definition) is 6. The maximum absolute atomic E-state index is 9.77. The van der Waals surface area contributed by atoms with Gasteiger partial charge in [0.2, 0.25) is 0 Å². The Hall–Kier alpha value is -2.24. The molecule has 0 bridgehead atoms. The first kappa shape index (κ1) is 22.8. The summed E-state index contributed by atoms with van der Waals surface area (Å²) < 4.78 is 0. The maximum atomic E-state index is 9.77. The number of hydrogen-bond acceptors (Lipinski definition) is 8. The molecule has 6 N–H and O–H groups in total. The summed E-state index contributed by atoms with van der Waals surface area (Å²) >= 11 is 0. The zero-order valence-corrected chi connectivity index (χ0v) is 14.8. The minimum Gasteiger partial charge on any atom is -0.479 e. The van der Waals surface area contributed by atoms with Crippen molar-refractivity contribution in [1.29, 1.82) is 0 Å². The Morgan fingerprint density at radius 1 is 0.889 bits per heavy atom. The molecule has 0 radical (unpaired) electrons. The van der Waals surface area contributed by atoms with Crippen LogP contribution < -0.4 is 4.90 Å². The van der Waals surface area contributed by atoms with Gasteiger partial charge in [-0.25, -0.2) is 9.59 Å². The van der Waals surface area contributed by atoms with E-state index < -0.39 is 30.3 Å². The highest BCUT2D eigenvalue weighted by atomic mass is 16.4. The quantitative estimate of drug-likeness (QED) is 0.310. The lowest BCUT2D eigenvalue weighted by Gasteiger charge is -2.36. The lowest BCUT2D eigenvalue weighted by atomic mass is 10.2. The van der Waals surface area contributed by atoms with Gasteiger partial charge < -0.3 is 35.5 Å². The molecule has 1 saturated heterocycles. The smallest absolute Gasteiger partial charge is 0.335 e. The fraction of sp³-hybridized carbons (Fsp3) is 0.529. The number of carboxylic acids is 2. The third kappa shape index (κ3) is 7.89. The van der Waals surface area contributed by atoms with Gasteiger partial charge >= 0.3 is 11.9 Å². The first-order chi connectivity index (χ1) is 12.8. The predicted molar refractivity (Wildman–Crippen MR) is 95.5 cm³/mol. The van der Waals surface area contributed by atoms with Gasteiger partial charge in [0.25, 0.3) is 0 Å². The number of aliphatic hydroxyl groups is 4. The van der Waals surface area contributed by atoms with Crippen LogP contribution in [0.5, 0.6) is 0 Å². The van der Waals surface area contributed by atoms with Gasteiger partial charge in [-0.05, 0) is 12.1 Å². The number of carboxylic acid groups (broad SMARTS) is 2. The van der Waals surface area contributed by atoms with Gasteiger partial charge in [-0.1, -0.05) is 18.2 Å². The van der Waals surface area contributed by atoms with Gasteiger partial charge in [0.1, 0.15) is 0 Å². The monoisotopic (exact) mass is 386 g/mol. The van der Waals surface area contributed by atoms with Crippen molar-refractivity contribution in [1.82, 2.24) is 4.90 Å². The number of anilines is 1. The van der Waals surface area contributed by atoms with E-state index in [1.165, 1.54) is 5.69 Å². The molecule has 3 atom stereocenters. The molecule has 0 aromatic heterocycles. The molecule has 0 saturated carbocycles. The average Bonchev–Trinajstić information content (AvgIpc) is 2.68. The molecule has 0 aliphatic carbocycles. The van der Waals surface area contributed by atoms with Crippen LogP contribution in [0.15, 0.2) is 30.3 Å². The third-order valence-corrected chi connectivity index (χ3v) is 3.98. The second-order valence-corrected chi connectivity index (χ2v) is 6.03.